The van der Waals surface area contributed by atoms with Gasteiger partial charge in [-0.2, -0.15) is 9.98 Å². The summed E-state index contributed by atoms with van der Waals surface area (Å²) in [5, 5.41) is 9.01. The van der Waals surface area contributed by atoms with Crippen LogP contribution in [-0.4, -0.2) is 18.9 Å². The van der Waals surface area contributed by atoms with Gasteiger partial charge >= 0.3 is 0 Å². The van der Waals surface area contributed by atoms with Crippen LogP contribution in [0.25, 0.3) is 0 Å². The van der Waals surface area contributed by atoms with Gasteiger partial charge in [0.25, 0.3) is 10.0 Å². The summed E-state index contributed by atoms with van der Waals surface area (Å²) in [4.78, 5) is 3.86. The minimum atomic E-state index is -3.70. The van der Waals surface area contributed by atoms with Gasteiger partial charge in [0.05, 0.1) is 11.8 Å². The molecule has 92 valence electrons. The third-order valence-corrected chi connectivity index (χ3v) is 6.13. The number of nitriles is 1. The first-order valence-electron chi connectivity index (χ1n) is 4.97. The number of aromatic nitrogens is 1. The Labute approximate surface area is 108 Å². The lowest BCUT2D eigenvalue weighted by atomic mass is 9.79. The van der Waals surface area contributed by atoms with E-state index in [9.17, 15) is 8.42 Å². The Hall–Kier alpha value is -0.680. The summed E-state index contributed by atoms with van der Waals surface area (Å²) in [5.74, 6) is 0. The Morgan fingerprint density at radius 1 is 1.59 bits per heavy atom. The highest BCUT2D eigenvalue weighted by atomic mass is 35.5. The molecule has 0 saturated heterocycles. The predicted octanol–water partition coefficient (Wildman–Crippen LogP) is 1.83. The smallest absolute Gasteiger partial charge is 0.229 e. The van der Waals surface area contributed by atoms with Crippen molar-refractivity contribution < 1.29 is 8.42 Å². The summed E-state index contributed by atoms with van der Waals surface area (Å²) in [5.41, 5.74) is -0.582. The molecule has 0 radical (unpaired) electrons. The number of halogens is 1. The van der Waals surface area contributed by atoms with E-state index in [1.165, 1.54) is 0 Å². The van der Waals surface area contributed by atoms with Gasteiger partial charge in [-0.1, -0.05) is 22.9 Å². The number of thiazole rings is 1. The summed E-state index contributed by atoms with van der Waals surface area (Å²) in [6, 6.07) is 2.03. The van der Waals surface area contributed by atoms with Gasteiger partial charge in [0.15, 0.2) is 8.68 Å². The van der Waals surface area contributed by atoms with Crippen LogP contribution >= 0.6 is 22.9 Å². The summed E-state index contributed by atoms with van der Waals surface area (Å²) >= 11 is 6.58. The van der Waals surface area contributed by atoms with E-state index < -0.39 is 15.6 Å². The average molecular weight is 292 g/mol. The van der Waals surface area contributed by atoms with Gasteiger partial charge in [0.2, 0.25) is 0 Å². The number of nitrogens with one attached hydrogen (secondary N) is 1. The second kappa shape index (κ2) is 4.21. The monoisotopic (exact) mass is 291 g/mol. The molecule has 1 fully saturated rings. The Balaban J connectivity index is 2.32. The number of rotatable bonds is 3. The molecular formula is C9H10ClN3O2S2. The van der Waals surface area contributed by atoms with Gasteiger partial charge in [-0.15, -0.1) is 0 Å². The maximum Gasteiger partial charge on any atom is 0.253 e. The number of hydrogen-bond acceptors (Lipinski definition) is 5. The molecule has 1 heterocycles. The van der Waals surface area contributed by atoms with Gasteiger partial charge in [0.1, 0.15) is 5.54 Å². The van der Waals surface area contributed by atoms with E-state index in [-0.39, 0.29) is 8.68 Å². The lowest BCUT2D eigenvalue weighted by Crippen LogP contribution is -2.52. The molecule has 0 atom stereocenters. The fourth-order valence-electron chi connectivity index (χ4n) is 1.67. The molecular weight excluding hydrogens is 282 g/mol. The molecule has 2 rings (SSSR count). The van der Waals surface area contributed by atoms with Crippen LogP contribution in [0.15, 0.2) is 4.21 Å². The highest BCUT2D eigenvalue weighted by Gasteiger charge is 2.42. The lowest BCUT2D eigenvalue weighted by Gasteiger charge is -2.35. The molecule has 8 heteroatoms. The van der Waals surface area contributed by atoms with Gasteiger partial charge < -0.3 is 0 Å². The molecule has 5 nitrogen and oxygen atoms in total. The summed E-state index contributed by atoms with van der Waals surface area (Å²) in [7, 11) is -3.70. The average Bonchev–Trinajstić information content (AvgIpc) is 2.52. The van der Waals surface area contributed by atoms with Crippen molar-refractivity contribution in [3.63, 3.8) is 0 Å². The van der Waals surface area contributed by atoms with E-state index in [0.717, 1.165) is 17.8 Å². The fraction of sp³-hybridized carbons (Fsp3) is 0.556. The molecule has 1 aromatic rings. The molecule has 17 heavy (non-hydrogen) atoms. The van der Waals surface area contributed by atoms with Crippen LogP contribution < -0.4 is 4.72 Å². The number of nitrogens with zero attached hydrogens (tertiary/aromatic N) is 2. The lowest BCUT2D eigenvalue weighted by molar-refractivity contribution is 0.296. The van der Waals surface area contributed by atoms with Crippen molar-refractivity contribution >= 4 is 33.0 Å². The van der Waals surface area contributed by atoms with Crippen LogP contribution in [0.5, 0.6) is 0 Å². The second-order valence-corrected chi connectivity index (χ2v) is 7.45. The minimum Gasteiger partial charge on any atom is -0.229 e. The first kappa shape index (κ1) is 12.8. The number of sulfonamides is 1. The van der Waals surface area contributed by atoms with Gasteiger partial charge in [-0.25, -0.2) is 13.4 Å². The fourth-order valence-corrected chi connectivity index (χ4v) is 4.79. The predicted molar refractivity (Wildman–Crippen MR) is 64.4 cm³/mol. The molecule has 0 spiro atoms. The quantitative estimate of drug-likeness (QED) is 0.921. The van der Waals surface area contributed by atoms with Crippen LogP contribution in [0.4, 0.5) is 0 Å². The molecule has 0 amide bonds. The zero-order valence-electron chi connectivity index (χ0n) is 9.03. The molecule has 1 aliphatic carbocycles. The topological polar surface area (TPSA) is 82.8 Å². The minimum absolute atomic E-state index is 0.0871. The van der Waals surface area contributed by atoms with Crippen LogP contribution in [0, 0.1) is 18.3 Å². The standard InChI is InChI=1S/C9H10ClN3O2S2/c1-6-7(16-8(10)12-6)17(14,15)13-9(5-11)3-2-4-9/h13H,2-4H2,1H3. The maximum absolute atomic E-state index is 12.1. The van der Waals surface area contributed by atoms with E-state index in [1.54, 1.807) is 6.92 Å². The van der Waals surface area contributed by atoms with E-state index in [2.05, 4.69) is 9.71 Å². The van der Waals surface area contributed by atoms with Gasteiger partial charge in [-0.3, -0.25) is 0 Å². The Morgan fingerprint density at radius 3 is 2.59 bits per heavy atom. The van der Waals surface area contributed by atoms with Crippen molar-refractivity contribution in [2.24, 2.45) is 0 Å². The van der Waals surface area contributed by atoms with E-state index in [1.807, 2.05) is 6.07 Å². The highest BCUT2D eigenvalue weighted by molar-refractivity contribution is 7.91. The van der Waals surface area contributed by atoms with E-state index >= 15 is 0 Å². The molecule has 0 unspecified atom stereocenters. The number of aryl methyl sites for hydroxylation is 1. The first-order chi connectivity index (χ1) is 7.88. The van der Waals surface area contributed by atoms with Crippen LogP contribution in [0.2, 0.25) is 4.47 Å². The van der Waals surface area contributed by atoms with Gasteiger partial charge in [-0.05, 0) is 26.2 Å². The van der Waals surface area contributed by atoms with Crippen molar-refractivity contribution in [2.45, 2.75) is 35.9 Å². The molecule has 0 aliphatic heterocycles. The van der Waals surface area contributed by atoms with Crippen molar-refractivity contribution in [1.29, 1.82) is 5.26 Å². The molecule has 1 aromatic heterocycles. The number of hydrogen-bond donors (Lipinski definition) is 1. The molecule has 0 bridgehead atoms. The Kier molecular flexibility index (Phi) is 3.16. The highest BCUT2D eigenvalue weighted by Crippen LogP contribution is 2.34. The van der Waals surface area contributed by atoms with Crippen molar-refractivity contribution in [1.82, 2.24) is 9.71 Å². The summed E-state index contributed by atoms with van der Waals surface area (Å²) in [6.07, 6.45) is 1.96. The van der Waals surface area contributed by atoms with Crippen molar-refractivity contribution in [2.75, 3.05) is 0 Å². The maximum atomic E-state index is 12.1. The summed E-state index contributed by atoms with van der Waals surface area (Å²) < 4.78 is 26.9. The molecule has 1 aliphatic rings. The zero-order chi connectivity index (χ0) is 12.7. The van der Waals surface area contributed by atoms with Crippen molar-refractivity contribution in [3.05, 3.63) is 10.2 Å². The third kappa shape index (κ3) is 2.31. The van der Waals surface area contributed by atoms with Gasteiger partial charge in [0, 0.05) is 0 Å². The van der Waals surface area contributed by atoms with Crippen molar-refractivity contribution in [3.8, 4) is 6.07 Å². The Bertz CT molecular complexity index is 584. The second-order valence-electron chi connectivity index (χ2n) is 3.99. The molecule has 1 saturated carbocycles. The van der Waals surface area contributed by atoms with Crippen LogP contribution in [0.3, 0.4) is 0 Å². The largest absolute Gasteiger partial charge is 0.253 e. The first-order valence-corrected chi connectivity index (χ1v) is 7.64. The SMILES string of the molecule is Cc1nc(Cl)sc1S(=O)(=O)NC1(C#N)CCC1. The Morgan fingerprint density at radius 2 is 2.24 bits per heavy atom. The normalized spacial score (nSPS) is 18.4. The molecule has 1 N–H and O–H groups in total. The molecule has 0 aromatic carbocycles. The van der Waals surface area contributed by atoms with E-state index in [4.69, 9.17) is 16.9 Å². The third-order valence-electron chi connectivity index (χ3n) is 2.72. The van der Waals surface area contributed by atoms with Crippen LogP contribution in [-0.2, 0) is 10.0 Å². The van der Waals surface area contributed by atoms with E-state index in [0.29, 0.717) is 18.5 Å². The summed E-state index contributed by atoms with van der Waals surface area (Å²) in [6.45, 7) is 1.58. The zero-order valence-corrected chi connectivity index (χ0v) is 11.4. The van der Waals surface area contributed by atoms with Crippen LogP contribution in [0.1, 0.15) is 25.0 Å².